The van der Waals surface area contributed by atoms with Gasteiger partial charge in [-0.1, -0.05) is 38.1 Å². The van der Waals surface area contributed by atoms with Crippen molar-refractivity contribution in [3.63, 3.8) is 0 Å². The van der Waals surface area contributed by atoms with Crippen LogP contribution in [0, 0.1) is 13.8 Å². The Kier molecular flexibility index (Phi) is 5.51. The van der Waals surface area contributed by atoms with Crippen molar-refractivity contribution in [3.8, 4) is 0 Å². The predicted molar refractivity (Wildman–Crippen MR) is 89.7 cm³/mol. The van der Waals surface area contributed by atoms with Crippen molar-refractivity contribution in [2.24, 2.45) is 0 Å². The molecule has 1 atom stereocenters. The number of aryl methyl sites for hydroxylation is 2. The second kappa shape index (κ2) is 7.37. The van der Waals surface area contributed by atoms with E-state index in [1.165, 1.54) is 22.3 Å². The highest BCUT2D eigenvalue weighted by atomic mass is 14.9. The monoisotopic (exact) mass is 282 g/mol. The van der Waals surface area contributed by atoms with E-state index in [9.17, 15) is 0 Å². The Labute approximate surface area is 128 Å². The SMILES string of the molecule is CCNC(Cc1ccc(CC)cn1)c1cccc(C)c1C. The Morgan fingerprint density at radius 3 is 2.52 bits per heavy atom. The average molecular weight is 282 g/mol. The van der Waals surface area contributed by atoms with Crippen LogP contribution >= 0.6 is 0 Å². The molecule has 112 valence electrons. The molecule has 21 heavy (non-hydrogen) atoms. The number of rotatable bonds is 6. The van der Waals surface area contributed by atoms with Crippen molar-refractivity contribution < 1.29 is 0 Å². The minimum absolute atomic E-state index is 0.329. The number of hydrogen-bond acceptors (Lipinski definition) is 2. The molecular formula is C19H26N2. The molecule has 0 aliphatic carbocycles. The maximum atomic E-state index is 4.61. The zero-order valence-electron chi connectivity index (χ0n) is 13.6. The second-order valence-corrected chi connectivity index (χ2v) is 5.61. The second-order valence-electron chi connectivity index (χ2n) is 5.61. The van der Waals surface area contributed by atoms with E-state index in [2.05, 4.69) is 68.3 Å². The van der Waals surface area contributed by atoms with Crippen LogP contribution in [0.4, 0.5) is 0 Å². The predicted octanol–water partition coefficient (Wildman–Crippen LogP) is 4.15. The van der Waals surface area contributed by atoms with Crippen LogP contribution in [-0.4, -0.2) is 11.5 Å². The van der Waals surface area contributed by atoms with Crippen molar-refractivity contribution in [1.29, 1.82) is 0 Å². The van der Waals surface area contributed by atoms with Crippen molar-refractivity contribution in [2.45, 2.75) is 46.6 Å². The third-order valence-electron chi connectivity index (χ3n) is 4.18. The summed E-state index contributed by atoms with van der Waals surface area (Å²) in [5.74, 6) is 0. The molecule has 2 rings (SSSR count). The standard InChI is InChI=1S/C19H26N2/c1-5-16-10-11-17(21-13-16)12-19(20-6-2)18-9-7-8-14(3)15(18)4/h7-11,13,19-20H,5-6,12H2,1-4H3. The zero-order chi connectivity index (χ0) is 15.2. The molecule has 0 aliphatic rings. The lowest BCUT2D eigenvalue weighted by atomic mass is 9.94. The third kappa shape index (κ3) is 3.92. The number of aromatic nitrogens is 1. The summed E-state index contributed by atoms with van der Waals surface area (Å²) >= 11 is 0. The van der Waals surface area contributed by atoms with Crippen LogP contribution in [0.1, 0.15) is 47.8 Å². The summed E-state index contributed by atoms with van der Waals surface area (Å²) in [5, 5.41) is 3.60. The van der Waals surface area contributed by atoms with Gasteiger partial charge in [0.1, 0.15) is 0 Å². The molecule has 0 radical (unpaired) electrons. The van der Waals surface area contributed by atoms with Gasteiger partial charge in [0.2, 0.25) is 0 Å². The van der Waals surface area contributed by atoms with E-state index in [1.807, 2.05) is 6.20 Å². The van der Waals surface area contributed by atoms with E-state index in [-0.39, 0.29) is 0 Å². The van der Waals surface area contributed by atoms with Gasteiger partial charge in [-0.3, -0.25) is 4.98 Å². The van der Waals surface area contributed by atoms with E-state index < -0.39 is 0 Å². The molecule has 0 fully saturated rings. The number of nitrogens with one attached hydrogen (secondary N) is 1. The van der Waals surface area contributed by atoms with Gasteiger partial charge in [0.25, 0.3) is 0 Å². The van der Waals surface area contributed by atoms with Gasteiger partial charge in [0.15, 0.2) is 0 Å². The summed E-state index contributed by atoms with van der Waals surface area (Å²) in [7, 11) is 0. The Hall–Kier alpha value is -1.67. The topological polar surface area (TPSA) is 24.9 Å². The summed E-state index contributed by atoms with van der Waals surface area (Å²) in [6.07, 6.45) is 3.98. The van der Waals surface area contributed by atoms with Crippen LogP contribution in [-0.2, 0) is 12.8 Å². The molecule has 2 nitrogen and oxygen atoms in total. The molecule has 1 aromatic carbocycles. The Balaban J connectivity index is 2.24. The molecule has 0 saturated heterocycles. The number of hydrogen-bond donors (Lipinski definition) is 1. The number of benzene rings is 1. The lowest BCUT2D eigenvalue weighted by Crippen LogP contribution is -2.24. The minimum Gasteiger partial charge on any atom is -0.310 e. The van der Waals surface area contributed by atoms with Crippen molar-refractivity contribution >= 4 is 0 Å². The van der Waals surface area contributed by atoms with Gasteiger partial charge in [-0.05, 0) is 55.1 Å². The first-order chi connectivity index (χ1) is 10.2. The number of nitrogens with zero attached hydrogens (tertiary/aromatic N) is 1. The van der Waals surface area contributed by atoms with Crippen LogP contribution in [0.5, 0.6) is 0 Å². The van der Waals surface area contributed by atoms with E-state index in [0.29, 0.717) is 6.04 Å². The van der Waals surface area contributed by atoms with Crippen molar-refractivity contribution in [1.82, 2.24) is 10.3 Å². The largest absolute Gasteiger partial charge is 0.310 e. The maximum absolute atomic E-state index is 4.61. The molecular weight excluding hydrogens is 256 g/mol. The lowest BCUT2D eigenvalue weighted by molar-refractivity contribution is 0.541. The number of pyridine rings is 1. The van der Waals surface area contributed by atoms with Crippen LogP contribution < -0.4 is 5.32 Å². The molecule has 2 aromatic rings. The smallest absolute Gasteiger partial charge is 0.0422 e. The Morgan fingerprint density at radius 1 is 1.10 bits per heavy atom. The van der Waals surface area contributed by atoms with Gasteiger partial charge < -0.3 is 5.32 Å². The molecule has 1 heterocycles. The molecule has 1 aromatic heterocycles. The average Bonchev–Trinajstić information content (AvgIpc) is 2.50. The summed E-state index contributed by atoms with van der Waals surface area (Å²) in [6.45, 7) is 9.67. The highest BCUT2D eigenvalue weighted by molar-refractivity contribution is 5.36. The fourth-order valence-corrected chi connectivity index (χ4v) is 2.68. The first-order valence-electron chi connectivity index (χ1n) is 7.89. The molecule has 1 unspecified atom stereocenters. The van der Waals surface area contributed by atoms with Crippen molar-refractivity contribution in [3.05, 3.63) is 64.5 Å². The summed E-state index contributed by atoms with van der Waals surface area (Å²) in [5.41, 5.74) is 6.57. The normalized spacial score (nSPS) is 12.4. The highest BCUT2D eigenvalue weighted by Crippen LogP contribution is 2.23. The molecule has 0 bridgehead atoms. The van der Waals surface area contributed by atoms with Crippen LogP contribution in [0.15, 0.2) is 36.5 Å². The summed E-state index contributed by atoms with van der Waals surface area (Å²) in [4.78, 5) is 4.61. The highest BCUT2D eigenvalue weighted by Gasteiger charge is 2.14. The van der Waals surface area contributed by atoms with E-state index in [1.54, 1.807) is 0 Å². The van der Waals surface area contributed by atoms with E-state index >= 15 is 0 Å². The van der Waals surface area contributed by atoms with Gasteiger partial charge >= 0.3 is 0 Å². The van der Waals surface area contributed by atoms with Crippen molar-refractivity contribution in [2.75, 3.05) is 6.54 Å². The van der Waals surface area contributed by atoms with E-state index in [4.69, 9.17) is 0 Å². The quantitative estimate of drug-likeness (QED) is 0.860. The maximum Gasteiger partial charge on any atom is 0.0422 e. The third-order valence-corrected chi connectivity index (χ3v) is 4.18. The Morgan fingerprint density at radius 2 is 1.90 bits per heavy atom. The molecule has 0 amide bonds. The van der Waals surface area contributed by atoms with Crippen LogP contribution in [0.2, 0.25) is 0 Å². The minimum atomic E-state index is 0.329. The molecule has 0 saturated carbocycles. The lowest BCUT2D eigenvalue weighted by Gasteiger charge is -2.21. The first-order valence-corrected chi connectivity index (χ1v) is 7.89. The fraction of sp³-hybridized carbons (Fsp3) is 0.421. The van der Waals surface area contributed by atoms with Gasteiger partial charge in [0, 0.05) is 24.4 Å². The fourth-order valence-electron chi connectivity index (χ4n) is 2.68. The van der Waals surface area contributed by atoms with Crippen LogP contribution in [0.3, 0.4) is 0 Å². The summed E-state index contributed by atoms with van der Waals surface area (Å²) in [6, 6.07) is 11.2. The van der Waals surface area contributed by atoms with Gasteiger partial charge in [-0.15, -0.1) is 0 Å². The number of likely N-dealkylation sites (N-methyl/N-ethyl adjacent to an activating group) is 1. The van der Waals surface area contributed by atoms with E-state index in [0.717, 1.165) is 25.1 Å². The zero-order valence-corrected chi connectivity index (χ0v) is 13.6. The first kappa shape index (κ1) is 15.7. The Bertz CT molecular complexity index is 573. The van der Waals surface area contributed by atoms with Gasteiger partial charge in [-0.2, -0.15) is 0 Å². The van der Waals surface area contributed by atoms with Gasteiger partial charge in [-0.25, -0.2) is 0 Å². The molecule has 2 heteroatoms. The van der Waals surface area contributed by atoms with Gasteiger partial charge in [0.05, 0.1) is 0 Å². The summed E-state index contributed by atoms with van der Waals surface area (Å²) < 4.78 is 0. The molecule has 1 N–H and O–H groups in total. The molecule has 0 aliphatic heterocycles. The van der Waals surface area contributed by atoms with Crippen LogP contribution in [0.25, 0.3) is 0 Å². The molecule has 0 spiro atoms.